The van der Waals surface area contributed by atoms with E-state index in [9.17, 15) is 19.5 Å². The maximum absolute atomic E-state index is 13.3. The van der Waals surface area contributed by atoms with Crippen LogP contribution in [0.15, 0.2) is 64.7 Å². The van der Waals surface area contributed by atoms with E-state index < -0.39 is 11.5 Å². The minimum atomic E-state index is -0.697. The van der Waals surface area contributed by atoms with Gasteiger partial charge in [-0.05, 0) is 49.1 Å². The minimum Gasteiger partial charge on any atom is -0.508 e. The summed E-state index contributed by atoms with van der Waals surface area (Å²) in [7, 11) is 0. The number of nitrogens with zero attached hydrogens (tertiary/aromatic N) is 3. The highest BCUT2D eigenvalue weighted by Gasteiger charge is 2.20. The van der Waals surface area contributed by atoms with Gasteiger partial charge >= 0.3 is 0 Å². The van der Waals surface area contributed by atoms with Crippen molar-refractivity contribution in [1.82, 2.24) is 15.0 Å². The molecule has 0 aliphatic rings. The molecular formula is C25H22ClN5O4S. The van der Waals surface area contributed by atoms with Crippen LogP contribution in [0.3, 0.4) is 0 Å². The first-order valence-electron chi connectivity index (χ1n) is 11.0. The van der Waals surface area contributed by atoms with Crippen LogP contribution >= 0.6 is 23.4 Å². The molecule has 0 saturated heterocycles. The molecule has 2 heterocycles. The van der Waals surface area contributed by atoms with Crippen molar-refractivity contribution in [2.24, 2.45) is 0 Å². The van der Waals surface area contributed by atoms with Crippen LogP contribution in [-0.2, 0) is 0 Å². The lowest BCUT2D eigenvalue weighted by atomic mass is 10.1. The average Bonchev–Trinajstić information content (AvgIpc) is 2.87. The van der Waals surface area contributed by atoms with Crippen molar-refractivity contribution in [3.05, 3.63) is 81.2 Å². The molecule has 0 aliphatic heterocycles. The standard InChI is InChI=1S/C25H22ClN5O4S/c1-3-9-31(16-5-4-6-17(32)12-16)24(35)14-7-8-19(26)20(11-14)28-22(33)18-10-15-13-27-25(36-2)30-21(15)29-23(18)34/h4-8,10-13,32H,3,9H2,1-2H3,(H,28,33)(H,27,29,30,34). The number of pyridine rings is 1. The zero-order chi connectivity index (χ0) is 25.8. The Morgan fingerprint density at radius 2 is 2.00 bits per heavy atom. The Balaban J connectivity index is 1.63. The van der Waals surface area contributed by atoms with E-state index >= 15 is 0 Å². The summed E-state index contributed by atoms with van der Waals surface area (Å²) in [5, 5.41) is 13.7. The van der Waals surface area contributed by atoms with E-state index in [-0.39, 0.29) is 33.5 Å². The van der Waals surface area contributed by atoms with Gasteiger partial charge in [-0.25, -0.2) is 9.97 Å². The van der Waals surface area contributed by atoms with Crippen LogP contribution in [-0.4, -0.2) is 44.7 Å². The van der Waals surface area contributed by atoms with Gasteiger partial charge in [-0.3, -0.25) is 14.4 Å². The Hall–Kier alpha value is -3.89. The zero-order valence-corrected chi connectivity index (χ0v) is 21.0. The summed E-state index contributed by atoms with van der Waals surface area (Å²) in [5.41, 5.74) is 0.543. The molecule has 0 bridgehead atoms. The van der Waals surface area contributed by atoms with Gasteiger partial charge in [0.25, 0.3) is 17.4 Å². The lowest BCUT2D eigenvalue weighted by Crippen LogP contribution is -2.31. The second kappa shape index (κ2) is 10.8. The number of thioether (sulfide) groups is 1. The molecule has 0 atom stereocenters. The van der Waals surface area contributed by atoms with Gasteiger partial charge in [-0.2, -0.15) is 0 Å². The van der Waals surface area contributed by atoms with Gasteiger partial charge in [-0.15, -0.1) is 0 Å². The number of aromatic hydroxyl groups is 1. The Kier molecular flexibility index (Phi) is 7.56. The molecule has 0 fully saturated rings. The summed E-state index contributed by atoms with van der Waals surface area (Å²) in [6.45, 7) is 2.35. The molecule has 2 aromatic heterocycles. The average molecular weight is 524 g/mol. The molecule has 2 aromatic carbocycles. The number of hydrogen-bond acceptors (Lipinski definition) is 7. The van der Waals surface area contributed by atoms with Gasteiger partial charge in [0, 0.05) is 35.4 Å². The fourth-order valence-corrected chi connectivity index (χ4v) is 4.08. The number of rotatable bonds is 7. The Morgan fingerprint density at radius 1 is 1.19 bits per heavy atom. The van der Waals surface area contributed by atoms with Crippen LogP contribution < -0.4 is 15.8 Å². The molecule has 9 nitrogen and oxygen atoms in total. The quantitative estimate of drug-likeness (QED) is 0.236. The van der Waals surface area contributed by atoms with E-state index in [1.54, 1.807) is 18.2 Å². The molecule has 0 saturated carbocycles. The number of hydrogen-bond donors (Lipinski definition) is 3. The number of phenolic OH excluding ortho intramolecular Hbond substituents is 1. The smallest absolute Gasteiger partial charge is 0.262 e. The summed E-state index contributed by atoms with van der Waals surface area (Å²) < 4.78 is 0. The number of halogens is 1. The highest BCUT2D eigenvalue weighted by atomic mass is 35.5. The van der Waals surface area contributed by atoms with Crippen molar-refractivity contribution >= 4 is 57.6 Å². The molecule has 4 aromatic rings. The topological polar surface area (TPSA) is 128 Å². The molecule has 184 valence electrons. The number of benzene rings is 2. The largest absolute Gasteiger partial charge is 0.508 e. The number of aromatic amines is 1. The van der Waals surface area contributed by atoms with Gasteiger partial charge in [0.1, 0.15) is 17.0 Å². The summed E-state index contributed by atoms with van der Waals surface area (Å²) in [5.74, 6) is -0.988. The van der Waals surface area contributed by atoms with Crippen molar-refractivity contribution in [2.45, 2.75) is 18.5 Å². The number of carbonyl (C=O) groups excluding carboxylic acids is 2. The number of anilines is 2. The second-order valence-corrected chi connectivity index (χ2v) is 8.98. The highest BCUT2D eigenvalue weighted by molar-refractivity contribution is 7.98. The van der Waals surface area contributed by atoms with E-state index in [0.29, 0.717) is 34.8 Å². The fourth-order valence-electron chi connectivity index (χ4n) is 3.58. The molecule has 0 aliphatic carbocycles. The van der Waals surface area contributed by atoms with Crippen LogP contribution in [0.2, 0.25) is 5.02 Å². The van der Waals surface area contributed by atoms with Crippen molar-refractivity contribution in [1.29, 1.82) is 0 Å². The van der Waals surface area contributed by atoms with Gasteiger partial charge < -0.3 is 20.3 Å². The third kappa shape index (κ3) is 5.34. The Labute approximate surface area is 215 Å². The molecule has 11 heteroatoms. The Morgan fingerprint density at radius 3 is 2.72 bits per heavy atom. The van der Waals surface area contributed by atoms with Crippen molar-refractivity contribution < 1.29 is 14.7 Å². The predicted molar refractivity (Wildman–Crippen MR) is 141 cm³/mol. The number of fused-ring (bicyclic) bond motifs is 1. The first-order valence-corrected chi connectivity index (χ1v) is 12.6. The predicted octanol–water partition coefficient (Wildman–Crippen LogP) is 4.71. The zero-order valence-electron chi connectivity index (χ0n) is 19.4. The molecule has 0 spiro atoms. The fraction of sp³-hybridized carbons (Fsp3) is 0.160. The Bertz CT molecular complexity index is 1520. The molecule has 4 rings (SSSR count). The minimum absolute atomic E-state index is 0.0427. The maximum Gasteiger partial charge on any atom is 0.262 e. The van der Waals surface area contributed by atoms with E-state index in [0.717, 1.165) is 0 Å². The van der Waals surface area contributed by atoms with Gasteiger partial charge in [0.05, 0.1) is 10.7 Å². The van der Waals surface area contributed by atoms with Crippen molar-refractivity contribution in [3.8, 4) is 5.75 Å². The van der Waals surface area contributed by atoms with Crippen LogP contribution in [0.5, 0.6) is 5.75 Å². The summed E-state index contributed by atoms with van der Waals surface area (Å²) >= 11 is 7.63. The summed E-state index contributed by atoms with van der Waals surface area (Å²) in [6.07, 6.45) is 4.03. The number of H-pyrrole nitrogens is 1. The molecule has 3 N–H and O–H groups in total. The number of nitrogens with one attached hydrogen (secondary N) is 2. The third-order valence-corrected chi connectivity index (χ3v) is 6.19. The lowest BCUT2D eigenvalue weighted by Gasteiger charge is -2.23. The number of phenols is 1. The first-order chi connectivity index (χ1) is 17.3. The van der Waals surface area contributed by atoms with Crippen LogP contribution in [0.4, 0.5) is 11.4 Å². The molecule has 0 unspecified atom stereocenters. The molecule has 36 heavy (non-hydrogen) atoms. The highest BCUT2D eigenvalue weighted by Crippen LogP contribution is 2.27. The van der Waals surface area contributed by atoms with Crippen LogP contribution in [0.25, 0.3) is 11.0 Å². The van der Waals surface area contributed by atoms with E-state index in [1.165, 1.54) is 53.2 Å². The normalized spacial score (nSPS) is 10.9. The van der Waals surface area contributed by atoms with E-state index in [1.807, 2.05) is 13.2 Å². The maximum atomic E-state index is 13.3. The molecule has 2 amide bonds. The third-order valence-electron chi connectivity index (χ3n) is 5.29. The lowest BCUT2D eigenvalue weighted by molar-refractivity contribution is 0.0984. The van der Waals surface area contributed by atoms with E-state index in [2.05, 4.69) is 20.3 Å². The number of amides is 2. The van der Waals surface area contributed by atoms with Crippen LogP contribution in [0, 0.1) is 0 Å². The van der Waals surface area contributed by atoms with E-state index in [4.69, 9.17) is 11.6 Å². The molecular weight excluding hydrogens is 502 g/mol. The van der Waals surface area contributed by atoms with Crippen LogP contribution in [0.1, 0.15) is 34.1 Å². The van der Waals surface area contributed by atoms with Crippen molar-refractivity contribution in [3.63, 3.8) is 0 Å². The van der Waals surface area contributed by atoms with Gasteiger partial charge in [0.15, 0.2) is 5.16 Å². The number of aromatic nitrogens is 3. The van der Waals surface area contributed by atoms with Crippen molar-refractivity contribution in [2.75, 3.05) is 23.0 Å². The first kappa shape index (κ1) is 25.2. The summed E-state index contributed by atoms with van der Waals surface area (Å²) in [4.78, 5) is 51.4. The van der Waals surface area contributed by atoms with Gasteiger partial charge in [-0.1, -0.05) is 36.4 Å². The number of carbonyl (C=O) groups is 2. The SMILES string of the molecule is CCCN(C(=O)c1ccc(Cl)c(NC(=O)c2cc3cnc(SC)nc3[nH]c2=O)c1)c1cccc(O)c1. The second-order valence-electron chi connectivity index (χ2n) is 7.80. The summed E-state index contributed by atoms with van der Waals surface area (Å²) in [6, 6.07) is 12.3. The monoisotopic (exact) mass is 523 g/mol. The molecule has 0 radical (unpaired) electrons. The van der Waals surface area contributed by atoms with Gasteiger partial charge in [0.2, 0.25) is 0 Å².